The lowest BCUT2D eigenvalue weighted by Crippen LogP contribution is -2.45. The van der Waals surface area contributed by atoms with Gasteiger partial charge in [0, 0.05) is 11.8 Å². The highest BCUT2D eigenvalue weighted by Crippen LogP contribution is 2.61. The zero-order valence-electron chi connectivity index (χ0n) is 25.8. The van der Waals surface area contributed by atoms with E-state index in [9.17, 15) is 19.8 Å². The number of aliphatic hydroxyl groups excluding tert-OH is 2. The van der Waals surface area contributed by atoms with E-state index in [-0.39, 0.29) is 47.8 Å². The van der Waals surface area contributed by atoms with Crippen molar-refractivity contribution in [2.75, 3.05) is 13.2 Å². The highest BCUT2D eigenvalue weighted by atomic mass is 16.5. The van der Waals surface area contributed by atoms with Crippen molar-refractivity contribution in [3.63, 3.8) is 0 Å². The molecule has 228 valence electrons. The Kier molecular flexibility index (Phi) is 9.27. The number of carbonyl (C=O) groups excluding carboxylic acids is 2. The van der Waals surface area contributed by atoms with Gasteiger partial charge in [0.25, 0.3) is 0 Å². The Morgan fingerprint density at radius 1 is 0.550 bits per heavy atom. The molecule has 0 aromatic heterocycles. The van der Waals surface area contributed by atoms with Gasteiger partial charge in [0.1, 0.15) is 0 Å². The Morgan fingerprint density at radius 3 is 1.25 bits per heavy atom. The molecule has 0 bridgehead atoms. The molecule has 2 N–H and O–H groups in total. The molecule has 0 aromatic carbocycles. The monoisotopic (exact) mass is 560 g/mol. The van der Waals surface area contributed by atoms with Crippen molar-refractivity contribution in [2.45, 2.75) is 105 Å². The van der Waals surface area contributed by atoms with Gasteiger partial charge in [-0.25, -0.2) is 0 Å². The fourth-order valence-electron chi connectivity index (χ4n) is 11.3. The van der Waals surface area contributed by atoms with Gasteiger partial charge in [-0.3, -0.25) is 9.59 Å². The van der Waals surface area contributed by atoms with E-state index in [1.54, 1.807) is 0 Å². The van der Waals surface area contributed by atoms with Crippen LogP contribution in [0.2, 0.25) is 0 Å². The van der Waals surface area contributed by atoms with Crippen LogP contribution in [0, 0.1) is 82.9 Å². The molecule has 0 saturated heterocycles. The van der Waals surface area contributed by atoms with Crippen LogP contribution in [0.5, 0.6) is 0 Å². The van der Waals surface area contributed by atoms with Crippen molar-refractivity contribution in [1.29, 1.82) is 0 Å². The van der Waals surface area contributed by atoms with Gasteiger partial charge in [-0.05, 0) is 112 Å². The van der Waals surface area contributed by atoms with Crippen molar-refractivity contribution in [1.82, 2.24) is 0 Å². The topological polar surface area (TPSA) is 93.1 Å². The fraction of sp³-hybridized carbons (Fsp3) is 0.941. The first-order valence-corrected chi connectivity index (χ1v) is 16.8. The summed E-state index contributed by atoms with van der Waals surface area (Å²) in [4.78, 5) is 24.5. The summed E-state index contributed by atoms with van der Waals surface area (Å²) in [6.07, 6.45) is 8.51. The number of carbonyl (C=O) groups is 2. The third-order valence-electron chi connectivity index (χ3n) is 13.2. The maximum atomic E-state index is 12.3. The molecule has 40 heavy (non-hydrogen) atoms. The van der Waals surface area contributed by atoms with E-state index in [0.717, 1.165) is 37.5 Å². The van der Waals surface area contributed by atoms with E-state index >= 15 is 0 Å². The number of hydrogen-bond donors (Lipinski definition) is 2. The van der Waals surface area contributed by atoms with Crippen molar-refractivity contribution in [3.8, 4) is 0 Å². The van der Waals surface area contributed by atoms with Gasteiger partial charge in [-0.15, -0.1) is 0 Å². The van der Waals surface area contributed by atoms with Gasteiger partial charge in [0.2, 0.25) is 0 Å². The first kappa shape index (κ1) is 30.3. The van der Waals surface area contributed by atoms with Crippen LogP contribution in [0.1, 0.15) is 92.9 Å². The van der Waals surface area contributed by atoms with E-state index in [1.165, 1.54) is 25.7 Å². The maximum absolute atomic E-state index is 12.3. The summed E-state index contributed by atoms with van der Waals surface area (Å²) < 4.78 is 10.5. The van der Waals surface area contributed by atoms with Gasteiger partial charge >= 0.3 is 11.9 Å². The van der Waals surface area contributed by atoms with Gasteiger partial charge in [-0.2, -0.15) is 0 Å². The third-order valence-corrected chi connectivity index (χ3v) is 13.2. The van der Waals surface area contributed by atoms with Crippen LogP contribution in [-0.2, 0) is 19.1 Å². The second-order valence-electron chi connectivity index (χ2n) is 14.6. The second-order valence-corrected chi connectivity index (χ2v) is 14.6. The van der Waals surface area contributed by atoms with Crippen LogP contribution in [-0.4, -0.2) is 47.6 Å². The summed E-state index contributed by atoms with van der Waals surface area (Å²) in [7, 11) is 0. The molecule has 6 aliphatic carbocycles. The zero-order chi connectivity index (χ0) is 28.9. The normalized spacial score (nSPS) is 50.6. The Hall–Kier alpha value is -1.14. The van der Waals surface area contributed by atoms with Crippen LogP contribution in [0.25, 0.3) is 0 Å². The smallest absolute Gasteiger partial charge is 0.309 e. The average molecular weight is 561 g/mol. The Balaban J connectivity index is 0.000000161. The van der Waals surface area contributed by atoms with E-state index < -0.39 is 0 Å². The molecule has 0 amide bonds. The summed E-state index contributed by atoms with van der Waals surface area (Å²) in [5.41, 5.74) is 0. The van der Waals surface area contributed by atoms with Crippen molar-refractivity contribution < 1.29 is 29.3 Å². The molecule has 6 nitrogen and oxygen atoms in total. The van der Waals surface area contributed by atoms with Crippen LogP contribution < -0.4 is 0 Å². The predicted molar refractivity (Wildman–Crippen MR) is 154 cm³/mol. The molecule has 0 spiro atoms. The molecule has 16 atom stereocenters. The largest absolute Gasteiger partial charge is 0.466 e. The summed E-state index contributed by atoms with van der Waals surface area (Å²) in [6, 6.07) is 0. The summed E-state index contributed by atoms with van der Waals surface area (Å²) in [5, 5.41) is 21.4. The van der Waals surface area contributed by atoms with Crippen LogP contribution >= 0.6 is 0 Å². The molecule has 0 unspecified atom stereocenters. The molecule has 6 heteroatoms. The van der Waals surface area contributed by atoms with Gasteiger partial charge < -0.3 is 19.7 Å². The number of ether oxygens (including phenoxy) is 2. The lowest BCUT2D eigenvalue weighted by molar-refractivity contribution is -0.157. The Labute approximate surface area is 242 Å². The Morgan fingerprint density at radius 2 is 0.900 bits per heavy atom. The maximum Gasteiger partial charge on any atom is 0.309 e. The third kappa shape index (κ3) is 5.05. The number of hydrogen-bond acceptors (Lipinski definition) is 6. The molecule has 0 aliphatic heterocycles. The standard InChI is InChI=1S/2C17H28O3/c2*1-4-20-17(19)13-8-7-11-9(2)5-6-12-10(3)16(18)15(13)14(11)12/h2*9-16,18H,4-8H2,1-3H3/t2*9-,10-,11-,12+,13+,14-,15-,16-/m11/s1. The molecule has 6 saturated carbocycles. The van der Waals surface area contributed by atoms with Gasteiger partial charge in [0.05, 0.1) is 37.3 Å². The first-order chi connectivity index (χ1) is 19.1. The SMILES string of the molecule is CCOC(=O)[C@H]1CC[C@H]2[C@@H]3[C@@H](CC[C@H]2C)[C@@H](C)[C@@H](O)[C@@H]31.CCOC(=O)[C@H]1CC[C@H]2[C@@H]3[C@@H](CC[C@H]2C)[C@@H](C)[C@@H](O)[C@@H]31. The summed E-state index contributed by atoms with van der Waals surface area (Å²) in [5.74, 6) is 5.97. The van der Waals surface area contributed by atoms with E-state index in [2.05, 4.69) is 27.7 Å². The minimum Gasteiger partial charge on any atom is -0.466 e. The molecule has 0 aromatic rings. The Bertz CT molecular complexity index is 829. The van der Waals surface area contributed by atoms with Crippen molar-refractivity contribution in [3.05, 3.63) is 0 Å². The zero-order valence-corrected chi connectivity index (χ0v) is 25.8. The second kappa shape index (κ2) is 12.2. The minimum atomic E-state index is -0.312. The fourth-order valence-corrected chi connectivity index (χ4v) is 11.3. The van der Waals surface area contributed by atoms with Crippen molar-refractivity contribution >= 4 is 11.9 Å². The average Bonchev–Trinajstić information content (AvgIpc) is 3.35. The lowest BCUT2D eigenvalue weighted by Gasteiger charge is -2.47. The number of esters is 2. The minimum absolute atomic E-state index is 0.0658. The summed E-state index contributed by atoms with van der Waals surface area (Å²) in [6.45, 7) is 13.7. The van der Waals surface area contributed by atoms with Crippen LogP contribution in [0.3, 0.4) is 0 Å². The van der Waals surface area contributed by atoms with E-state index in [1.807, 2.05) is 13.8 Å². The lowest BCUT2D eigenvalue weighted by atomic mass is 9.58. The predicted octanol–water partition coefficient (Wildman–Crippen LogP) is 5.73. The highest BCUT2D eigenvalue weighted by molar-refractivity contribution is 5.73. The van der Waals surface area contributed by atoms with Crippen LogP contribution in [0.4, 0.5) is 0 Å². The molecule has 6 aliphatic rings. The highest BCUT2D eigenvalue weighted by Gasteiger charge is 2.60. The van der Waals surface area contributed by atoms with Crippen molar-refractivity contribution in [2.24, 2.45) is 82.9 Å². The van der Waals surface area contributed by atoms with E-state index in [0.29, 0.717) is 60.6 Å². The first-order valence-electron chi connectivity index (χ1n) is 16.8. The number of aliphatic hydroxyl groups is 2. The van der Waals surface area contributed by atoms with Gasteiger partial charge in [-0.1, -0.05) is 40.5 Å². The van der Waals surface area contributed by atoms with E-state index in [4.69, 9.17) is 9.47 Å². The molecular weight excluding hydrogens is 504 g/mol. The van der Waals surface area contributed by atoms with Gasteiger partial charge in [0.15, 0.2) is 0 Å². The molecule has 0 radical (unpaired) electrons. The van der Waals surface area contributed by atoms with Crippen LogP contribution in [0.15, 0.2) is 0 Å². The molecule has 6 rings (SSSR count). The molecular formula is C34H56O6. The molecule has 0 heterocycles. The summed E-state index contributed by atoms with van der Waals surface area (Å²) >= 11 is 0. The quantitative estimate of drug-likeness (QED) is 0.427. The number of rotatable bonds is 4. The molecule has 6 fully saturated rings.